The summed E-state index contributed by atoms with van der Waals surface area (Å²) in [5.41, 5.74) is -0.583. The average Bonchev–Trinajstić information content (AvgIpc) is 2.75. The molecule has 1 atom stereocenters. The number of carbonyl (C=O) groups is 2. The van der Waals surface area contributed by atoms with Crippen LogP contribution in [0.15, 0.2) is 25.3 Å². The first-order chi connectivity index (χ1) is 16.2. The Morgan fingerprint density at radius 1 is 0.735 bits per heavy atom. The van der Waals surface area contributed by atoms with E-state index in [1.165, 1.54) is 64.2 Å². The van der Waals surface area contributed by atoms with Crippen LogP contribution in [0.2, 0.25) is 0 Å². The van der Waals surface area contributed by atoms with Gasteiger partial charge in [0, 0.05) is 6.04 Å². The van der Waals surface area contributed by atoms with Crippen molar-refractivity contribution < 1.29 is 14.3 Å². The van der Waals surface area contributed by atoms with Gasteiger partial charge in [0.2, 0.25) is 5.91 Å². The minimum absolute atomic E-state index is 0.135. The topological polar surface area (TPSA) is 67.4 Å². The van der Waals surface area contributed by atoms with Gasteiger partial charge in [-0.1, -0.05) is 76.4 Å². The van der Waals surface area contributed by atoms with Crippen molar-refractivity contribution in [3.05, 3.63) is 25.3 Å². The number of alkyl carbamates (subject to hydrolysis) is 1. The van der Waals surface area contributed by atoms with Gasteiger partial charge in [0.1, 0.15) is 11.6 Å². The van der Waals surface area contributed by atoms with E-state index in [9.17, 15) is 9.59 Å². The molecular formula is C29H54N2O3. The second-order valence-electron chi connectivity index (χ2n) is 10.5. The molecule has 198 valence electrons. The van der Waals surface area contributed by atoms with Gasteiger partial charge in [-0.15, -0.1) is 13.2 Å². The summed E-state index contributed by atoms with van der Waals surface area (Å²) in [6.07, 6.45) is 22.4. The van der Waals surface area contributed by atoms with Crippen LogP contribution in [0.1, 0.15) is 130 Å². The van der Waals surface area contributed by atoms with E-state index < -0.39 is 17.7 Å². The Hall–Kier alpha value is -1.78. The molecule has 0 saturated carbocycles. The van der Waals surface area contributed by atoms with E-state index >= 15 is 0 Å². The zero-order chi connectivity index (χ0) is 25.7. The minimum atomic E-state index is -0.618. The Morgan fingerprint density at radius 3 is 1.56 bits per heavy atom. The lowest BCUT2D eigenvalue weighted by molar-refractivity contribution is -0.123. The molecule has 0 fully saturated rings. The molecule has 0 aliphatic rings. The van der Waals surface area contributed by atoms with Crippen molar-refractivity contribution in [3.8, 4) is 0 Å². The largest absolute Gasteiger partial charge is 0.444 e. The molecule has 0 bridgehead atoms. The first kappa shape index (κ1) is 32.2. The number of allylic oxidation sites excluding steroid dienone is 2. The fourth-order valence-corrected chi connectivity index (χ4v) is 3.94. The van der Waals surface area contributed by atoms with Crippen LogP contribution in [0.3, 0.4) is 0 Å². The van der Waals surface area contributed by atoms with Crippen LogP contribution in [0.4, 0.5) is 4.79 Å². The Kier molecular flexibility index (Phi) is 19.5. The number of unbranched alkanes of at least 4 members (excludes halogenated alkanes) is 12. The molecule has 0 heterocycles. The maximum absolute atomic E-state index is 12.7. The Labute approximate surface area is 210 Å². The lowest BCUT2D eigenvalue weighted by atomic mass is 9.99. The number of nitrogens with one attached hydrogen (secondary N) is 2. The molecule has 0 spiro atoms. The fourth-order valence-electron chi connectivity index (χ4n) is 3.94. The Balaban J connectivity index is 4.43. The normalized spacial score (nSPS) is 12.3. The third-order valence-corrected chi connectivity index (χ3v) is 5.89. The molecule has 0 saturated heterocycles. The molecule has 0 rings (SSSR count). The molecule has 0 unspecified atom stereocenters. The van der Waals surface area contributed by atoms with Crippen molar-refractivity contribution in [2.24, 2.45) is 0 Å². The van der Waals surface area contributed by atoms with E-state index in [-0.39, 0.29) is 11.9 Å². The molecule has 34 heavy (non-hydrogen) atoms. The van der Waals surface area contributed by atoms with Gasteiger partial charge in [-0.2, -0.15) is 0 Å². The first-order valence-corrected chi connectivity index (χ1v) is 13.7. The summed E-state index contributed by atoms with van der Waals surface area (Å²) in [6.45, 7) is 14.7. The summed E-state index contributed by atoms with van der Waals surface area (Å²) >= 11 is 0. The van der Waals surface area contributed by atoms with Crippen molar-refractivity contribution >= 4 is 12.0 Å². The van der Waals surface area contributed by atoms with E-state index in [4.69, 9.17) is 4.74 Å². The predicted molar refractivity (Wildman–Crippen MR) is 145 cm³/mol. The van der Waals surface area contributed by atoms with E-state index in [1.54, 1.807) is 6.92 Å². The maximum Gasteiger partial charge on any atom is 0.408 e. The van der Waals surface area contributed by atoms with Crippen LogP contribution in [-0.4, -0.2) is 29.7 Å². The van der Waals surface area contributed by atoms with Crippen LogP contribution >= 0.6 is 0 Å². The SMILES string of the molecule is C=CCCCCCCCCC(CCCCCCCCC=C)NC(=O)[C@H](C)NC(=O)OC(C)(C)C. The van der Waals surface area contributed by atoms with Crippen molar-refractivity contribution in [2.75, 3.05) is 0 Å². The Morgan fingerprint density at radius 2 is 1.15 bits per heavy atom. The number of amides is 2. The molecule has 2 N–H and O–H groups in total. The highest BCUT2D eigenvalue weighted by atomic mass is 16.6. The van der Waals surface area contributed by atoms with Gasteiger partial charge >= 0.3 is 6.09 Å². The van der Waals surface area contributed by atoms with Gasteiger partial charge < -0.3 is 15.4 Å². The van der Waals surface area contributed by atoms with E-state index in [1.807, 2.05) is 32.9 Å². The van der Waals surface area contributed by atoms with Gasteiger partial charge in [0.05, 0.1) is 0 Å². The van der Waals surface area contributed by atoms with Gasteiger partial charge in [0.25, 0.3) is 0 Å². The molecular weight excluding hydrogens is 424 g/mol. The lowest BCUT2D eigenvalue weighted by Crippen LogP contribution is -2.49. The van der Waals surface area contributed by atoms with Crippen molar-refractivity contribution in [1.82, 2.24) is 10.6 Å². The minimum Gasteiger partial charge on any atom is -0.444 e. The highest BCUT2D eigenvalue weighted by Crippen LogP contribution is 2.15. The molecule has 0 aliphatic carbocycles. The van der Waals surface area contributed by atoms with Crippen molar-refractivity contribution in [1.29, 1.82) is 0 Å². The zero-order valence-electron chi connectivity index (χ0n) is 22.8. The highest BCUT2D eigenvalue weighted by Gasteiger charge is 2.22. The van der Waals surface area contributed by atoms with Gasteiger partial charge in [-0.05, 0) is 66.2 Å². The molecule has 0 aromatic rings. The smallest absolute Gasteiger partial charge is 0.408 e. The maximum atomic E-state index is 12.7. The standard InChI is InChI=1S/C29H54N2O3/c1-7-9-11-13-15-17-19-21-23-26(24-22-20-18-16-14-12-10-8-2)31-27(32)25(3)30-28(33)34-29(4,5)6/h7-8,25-26H,1-2,9-24H2,3-6H3,(H,30,33)(H,31,32)/t25-/m0/s1. The molecule has 0 radical (unpaired) electrons. The van der Waals surface area contributed by atoms with Gasteiger partial charge in [-0.3, -0.25) is 4.79 Å². The van der Waals surface area contributed by atoms with Crippen LogP contribution in [0.5, 0.6) is 0 Å². The quantitative estimate of drug-likeness (QED) is 0.130. The van der Waals surface area contributed by atoms with Crippen molar-refractivity contribution in [3.63, 3.8) is 0 Å². The van der Waals surface area contributed by atoms with Gasteiger partial charge in [0.15, 0.2) is 0 Å². The summed E-state index contributed by atoms with van der Waals surface area (Å²) in [4.78, 5) is 24.7. The molecule has 5 nitrogen and oxygen atoms in total. The van der Waals surface area contributed by atoms with E-state index in [0.717, 1.165) is 38.5 Å². The predicted octanol–water partition coefficient (Wildman–Crippen LogP) is 8.00. The third-order valence-electron chi connectivity index (χ3n) is 5.89. The van der Waals surface area contributed by atoms with Crippen LogP contribution in [0, 0.1) is 0 Å². The fraction of sp³-hybridized carbons (Fsp3) is 0.793. The zero-order valence-corrected chi connectivity index (χ0v) is 22.8. The second-order valence-corrected chi connectivity index (χ2v) is 10.5. The Bertz CT molecular complexity index is 530. The lowest BCUT2D eigenvalue weighted by Gasteiger charge is -2.24. The van der Waals surface area contributed by atoms with E-state index in [0.29, 0.717) is 0 Å². The van der Waals surface area contributed by atoms with Crippen LogP contribution < -0.4 is 10.6 Å². The summed E-state index contributed by atoms with van der Waals surface area (Å²) in [5, 5.41) is 5.85. The van der Waals surface area contributed by atoms with Crippen LogP contribution in [-0.2, 0) is 9.53 Å². The summed E-state index contributed by atoms with van der Waals surface area (Å²) in [5.74, 6) is -0.135. The number of hydrogen-bond acceptors (Lipinski definition) is 3. The number of hydrogen-bond donors (Lipinski definition) is 2. The number of rotatable bonds is 21. The monoisotopic (exact) mass is 478 g/mol. The first-order valence-electron chi connectivity index (χ1n) is 13.7. The molecule has 5 heteroatoms. The third kappa shape index (κ3) is 20.8. The average molecular weight is 479 g/mol. The number of ether oxygens (including phenoxy) is 1. The summed E-state index contributed by atoms with van der Waals surface area (Å²) in [7, 11) is 0. The second kappa shape index (κ2) is 20.6. The van der Waals surface area contributed by atoms with Crippen LogP contribution in [0.25, 0.3) is 0 Å². The summed E-state index contributed by atoms with van der Waals surface area (Å²) < 4.78 is 5.28. The molecule has 2 amide bonds. The molecule has 0 aromatic heterocycles. The van der Waals surface area contributed by atoms with Gasteiger partial charge in [-0.25, -0.2) is 4.79 Å². The molecule has 0 aliphatic heterocycles. The van der Waals surface area contributed by atoms with Crippen molar-refractivity contribution in [2.45, 2.75) is 148 Å². The summed E-state index contributed by atoms with van der Waals surface area (Å²) in [6, 6.07) is -0.455. The number of carbonyl (C=O) groups excluding carboxylic acids is 2. The molecule has 0 aromatic carbocycles. The highest BCUT2D eigenvalue weighted by molar-refractivity contribution is 5.85. The van der Waals surface area contributed by atoms with E-state index in [2.05, 4.69) is 23.8 Å².